The lowest BCUT2D eigenvalue weighted by molar-refractivity contribution is -0.151. The van der Waals surface area contributed by atoms with Crippen LogP contribution in [0.25, 0.3) is 0 Å². The molecule has 1 aromatic rings. The first-order valence-electron chi connectivity index (χ1n) is 6.58. The predicted molar refractivity (Wildman–Crippen MR) is 73.5 cm³/mol. The van der Waals surface area contributed by atoms with Crippen molar-refractivity contribution < 1.29 is 9.53 Å². The average Bonchev–Trinajstić information content (AvgIpc) is 2.99. The molecule has 1 atom stereocenters. The maximum Gasteiger partial charge on any atom is 0.326 e. The second-order valence-corrected chi connectivity index (χ2v) is 6.17. The third-order valence-electron chi connectivity index (χ3n) is 3.35. The summed E-state index contributed by atoms with van der Waals surface area (Å²) in [6.45, 7) is 5.01. The number of ether oxygens (including phenoxy) is 1. The first-order valence-corrected chi connectivity index (χ1v) is 7.46. The van der Waals surface area contributed by atoms with Gasteiger partial charge in [-0.15, -0.1) is 11.3 Å². The highest BCUT2D eigenvalue weighted by molar-refractivity contribution is 7.09. The van der Waals surface area contributed by atoms with Crippen molar-refractivity contribution in [2.24, 2.45) is 5.92 Å². The molecule has 1 aromatic heterocycles. The smallest absolute Gasteiger partial charge is 0.326 e. The molecular formula is C14H21NO2S. The summed E-state index contributed by atoms with van der Waals surface area (Å²) in [6, 6.07) is 4.12. The predicted octanol–water partition coefficient (Wildman–Crippen LogP) is 2.96. The molecule has 0 spiro atoms. The molecule has 3 nitrogen and oxygen atoms in total. The molecule has 100 valence electrons. The molecule has 1 saturated carbocycles. The SMILES string of the molecule is CCOC(=O)C(C)(CC1CC1)NCc1cccs1. The summed E-state index contributed by atoms with van der Waals surface area (Å²) in [7, 11) is 0. The number of rotatable bonds is 7. The molecule has 0 amide bonds. The largest absolute Gasteiger partial charge is 0.465 e. The number of hydrogen-bond acceptors (Lipinski definition) is 4. The zero-order valence-corrected chi connectivity index (χ0v) is 11.9. The maximum atomic E-state index is 12.1. The first-order chi connectivity index (χ1) is 8.64. The van der Waals surface area contributed by atoms with E-state index in [-0.39, 0.29) is 5.97 Å². The molecule has 1 N–H and O–H groups in total. The minimum atomic E-state index is -0.541. The summed E-state index contributed by atoms with van der Waals surface area (Å²) in [6.07, 6.45) is 3.38. The highest BCUT2D eigenvalue weighted by atomic mass is 32.1. The minimum Gasteiger partial charge on any atom is -0.465 e. The van der Waals surface area contributed by atoms with Gasteiger partial charge in [0, 0.05) is 11.4 Å². The fraction of sp³-hybridized carbons (Fsp3) is 0.643. The summed E-state index contributed by atoms with van der Waals surface area (Å²) in [5, 5.41) is 5.45. The van der Waals surface area contributed by atoms with Crippen LogP contribution < -0.4 is 5.32 Å². The van der Waals surface area contributed by atoms with Gasteiger partial charge in [-0.3, -0.25) is 10.1 Å². The van der Waals surface area contributed by atoms with Gasteiger partial charge in [-0.25, -0.2) is 0 Å². The molecule has 0 bridgehead atoms. The average molecular weight is 267 g/mol. The number of nitrogens with one attached hydrogen (secondary N) is 1. The van der Waals surface area contributed by atoms with E-state index in [0.29, 0.717) is 12.5 Å². The summed E-state index contributed by atoms with van der Waals surface area (Å²) < 4.78 is 5.21. The van der Waals surface area contributed by atoms with Gasteiger partial charge in [0.05, 0.1) is 6.61 Å². The molecule has 0 aromatic carbocycles. The van der Waals surface area contributed by atoms with Crippen molar-refractivity contribution in [3.05, 3.63) is 22.4 Å². The van der Waals surface area contributed by atoms with Gasteiger partial charge in [0.25, 0.3) is 0 Å². The lowest BCUT2D eigenvalue weighted by Gasteiger charge is -2.28. The van der Waals surface area contributed by atoms with E-state index in [9.17, 15) is 4.79 Å². The highest BCUT2D eigenvalue weighted by Crippen LogP contribution is 2.37. The van der Waals surface area contributed by atoms with Gasteiger partial charge in [-0.05, 0) is 37.6 Å². The Morgan fingerprint density at radius 2 is 2.39 bits per heavy atom. The van der Waals surface area contributed by atoms with E-state index in [2.05, 4.69) is 16.8 Å². The Balaban J connectivity index is 1.96. The van der Waals surface area contributed by atoms with Crippen molar-refractivity contribution in [1.29, 1.82) is 0 Å². The second-order valence-electron chi connectivity index (χ2n) is 5.13. The van der Waals surface area contributed by atoms with E-state index in [1.165, 1.54) is 17.7 Å². The number of thiophene rings is 1. The third-order valence-corrected chi connectivity index (χ3v) is 4.23. The molecule has 18 heavy (non-hydrogen) atoms. The van der Waals surface area contributed by atoms with Crippen LogP contribution >= 0.6 is 11.3 Å². The maximum absolute atomic E-state index is 12.1. The number of carbonyl (C=O) groups is 1. The van der Waals surface area contributed by atoms with E-state index in [4.69, 9.17) is 4.74 Å². The molecule has 0 radical (unpaired) electrons. The van der Waals surface area contributed by atoms with E-state index in [0.717, 1.165) is 13.0 Å². The van der Waals surface area contributed by atoms with Gasteiger partial charge in [0.2, 0.25) is 0 Å². The summed E-state index contributed by atoms with van der Waals surface area (Å²) in [4.78, 5) is 13.4. The fourth-order valence-corrected chi connectivity index (χ4v) is 2.76. The van der Waals surface area contributed by atoms with E-state index in [1.807, 2.05) is 19.9 Å². The summed E-state index contributed by atoms with van der Waals surface area (Å²) >= 11 is 1.71. The van der Waals surface area contributed by atoms with Crippen LogP contribution in [0.1, 0.15) is 38.0 Å². The Bertz CT molecular complexity index is 387. The monoisotopic (exact) mass is 267 g/mol. The van der Waals surface area contributed by atoms with Crippen LogP contribution in [0, 0.1) is 5.92 Å². The lowest BCUT2D eigenvalue weighted by Crippen LogP contribution is -2.50. The normalized spacial score (nSPS) is 18.3. The van der Waals surface area contributed by atoms with E-state index in [1.54, 1.807) is 11.3 Å². The van der Waals surface area contributed by atoms with Crippen molar-refractivity contribution in [3.8, 4) is 0 Å². The Morgan fingerprint density at radius 3 is 2.94 bits per heavy atom. The molecule has 1 aliphatic carbocycles. The zero-order valence-electron chi connectivity index (χ0n) is 11.1. The fourth-order valence-electron chi connectivity index (χ4n) is 2.11. The Morgan fingerprint density at radius 1 is 1.61 bits per heavy atom. The number of hydrogen-bond donors (Lipinski definition) is 1. The number of carbonyl (C=O) groups excluding carboxylic acids is 1. The van der Waals surface area contributed by atoms with Crippen molar-refractivity contribution in [3.63, 3.8) is 0 Å². The van der Waals surface area contributed by atoms with Crippen LogP contribution in [0.5, 0.6) is 0 Å². The molecule has 0 saturated heterocycles. The summed E-state index contributed by atoms with van der Waals surface area (Å²) in [5.74, 6) is 0.573. The molecule has 0 aliphatic heterocycles. The van der Waals surface area contributed by atoms with Crippen molar-refractivity contribution in [2.75, 3.05) is 6.61 Å². The number of esters is 1. The standard InChI is InChI=1S/C14H21NO2S/c1-3-17-13(16)14(2,9-11-6-7-11)15-10-12-5-4-8-18-12/h4-5,8,11,15H,3,6-7,9-10H2,1-2H3. The van der Waals surface area contributed by atoms with Crippen LogP contribution in [-0.4, -0.2) is 18.1 Å². The van der Waals surface area contributed by atoms with Crippen LogP contribution in [0.15, 0.2) is 17.5 Å². The molecule has 1 aliphatic rings. The van der Waals surface area contributed by atoms with Gasteiger partial charge in [0.1, 0.15) is 5.54 Å². The lowest BCUT2D eigenvalue weighted by atomic mass is 9.94. The van der Waals surface area contributed by atoms with Gasteiger partial charge in [-0.1, -0.05) is 18.9 Å². The molecular weight excluding hydrogens is 246 g/mol. The highest BCUT2D eigenvalue weighted by Gasteiger charge is 2.39. The quantitative estimate of drug-likeness (QED) is 0.772. The van der Waals surface area contributed by atoms with Gasteiger partial charge >= 0.3 is 5.97 Å². The molecule has 1 unspecified atom stereocenters. The van der Waals surface area contributed by atoms with Crippen LogP contribution in [0.3, 0.4) is 0 Å². The van der Waals surface area contributed by atoms with Crippen molar-refractivity contribution in [1.82, 2.24) is 5.32 Å². The van der Waals surface area contributed by atoms with Gasteiger partial charge in [-0.2, -0.15) is 0 Å². The van der Waals surface area contributed by atoms with E-state index >= 15 is 0 Å². The second kappa shape index (κ2) is 5.85. The third kappa shape index (κ3) is 3.56. The molecule has 2 rings (SSSR count). The first kappa shape index (κ1) is 13.6. The zero-order chi connectivity index (χ0) is 13.0. The van der Waals surface area contributed by atoms with Crippen LogP contribution in [0.2, 0.25) is 0 Å². The van der Waals surface area contributed by atoms with Crippen LogP contribution in [-0.2, 0) is 16.1 Å². The Labute approximate surface area is 113 Å². The van der Waals surface area contributed by atoms with Gasteiger partial charge < -0.3 is 4.74 Å². The van der Waals surface area contributed by atoms with Crippen LogP contribution in [0.4, 0.5) is 0 Å². The van der Waals surface area contributed by atoms with Crippen molar-refractivity contribution >= 4 is 17.3 Å². The molecule has 4 heteroatoms. The summed E-state index contributed by atoms with van der Waals surface area (Å²) in [5.41, 5.74) is -0.541. The molecule has 1 fully saturated rings. The van der Waals surface area contributed by atoms with Gasteiger partial charge in [0.15, 0.2) is 0 Å². The van der Waals surface area contributed by atoms with Crippen molar-refractivity contribution in [2.45, 2.75) is 45.2 Å². The minimum absolute atomic E-state index is 0.117. The molecule has 1 heterocycles. The Kier molecular flexibility index (Phi) is 4.40. The Hall–Kier alpha value is -0.870. The topological polar surface area (TPSA) is 38.3 Å². The van der Waals surface area contributed by atoms with E-state index < -0.39 is 5.54 Å².